The predicted molar refractivity (Wildman–Crippen MR) is 73.8 cm³/mol. The predicted octanol–water partition coefficient (Wildman–Crippen LogP) is 2.02. The minimum absolute atomic E-state index is 0.477. The molecule has 0 unspecified atom stereocenters. The lowest BCUT2D eigenvalue weighted by molar-refractivity contribution is -0.0131. The molecule has 0 bridgehead atoms. The minimum Gasteiger partial charge on any atom is -0.381 e. The number of ether oxygens (including phenoxy) is 1. The molecule has 3 aliphatic rings. The van der Waals surface area contributed by atoms with Crippen LogP contribution >= 0.6 is 0 Å². The van der Waals surface area contributed by atoms with Crippen LogP contribution in [0.25, 0.3) is 0 Å². The molecule has 0 atom stereocenters. The number of nitrogens with zero attached hydrogens (tertiary/aromatic N) is 1. The molecule has 0 aromatic heterocycles. The van der Waals surface area contributed by atoms with E-state index >= 15 is 0 Å². The third kappa shape index (κ3) is 3.06. The van der Waals surface area contributed by atoms with Gasteiger partial charge in [-0.05, 0) is 51.0 Å². The van der Waals surface area contributed by atoms with Crippen LogP contribution in [0.4, 0.5) is 0 Å². The zero-order valence-electron chi connectivity index (χ0n) is 11.8. The highest BCUT2D eigenvalue weighted by Gasteiger charge is 2.37. The van der Waals surface area contributed by atoms with Crippen molar-refractivity contribution < 1.29 is 4.74 Å². The van der Waals surface area contributed by atoms with Crippen LogP contribution in [-0.4, -0.2) is 50.3 Å². The molecule has 0 aromatic rings. The van der Waals surface area contributed by atoms with E-state index in [1.807, 2.05) is 0 Å². The Bertz CT molecular complexity index is 268. The quantitative estimate of drug-likeness (QED) is 0.783. The van der Waals surface area contributed by atoms with E-state index in [0.717, 1.165) is 25.3 Å². The van der Waals surface area contributed by atoms with E-state index in [1.165, 1.54) is 58.0 Å². The van der Waals surface area contributed by atoms with Gasteiger partial charge in [0.25, 0.3) is 0 Å². The molecule has 0 spiro atoms. The minimum atomic E-state index is 0.477. The Labute approximate surface area is 111 Å². The van der Waals surface area contributed by atoms with E-state index in [9.17, 15) is 0 Å². The van der Waals surface area contributed by atoms with Crippen molar-refractivity contribution in [1.82, 2.24) is 10.2 Å². The third-order valence-electron chi connectivity index (χ3n) is 5.18. The third-order valence-corrected chi connectivity index (χ3v) is 5.18. The van der Waals surface area contributed by atoms with Gasteiger partial charge in [0.2, 0.25) is 0 Å². The van der Waals surface area contributed by atoms with Crippen LogP contribution in [0.3, 0.4) is 0 Å². The molecule has 3 rings (SSSR count). The number of nitrogens with one attached hydrogen (secondary N) is 1. The molecule has 2 saturated carbocycles. The lowest BCUT2D eigenvalue weighted by Gasteiger charge is -2.44. The first-order chi connectivity index (χ1) is 8.77. The highest BCUT2D eigenvalue weighted by Crippen LogP contribution is 2.34. The van der Waals surface area contributed by atoms with Crippen molar-refractivity contribution >= 4 is 0 Å². The molecule has 18 heavy (non-hydrogen) atoms. The smallest absolute Gasteiger partial charge is 0.0472 e. The van der Waals surface area contributed by atoms with Crippen LogP contribution in [-0.2, 0) is 4.74 Å². The molecule has 1 heterocycles. The molecular formula is C15H28N2O. The first kappa shape index (κ1) is 12.9. The summed E-state index contributed by atoms with van der Waals surface area (Å²) < 4.78 is 5.58. The van der Waals surface area contributed by atoms with E-state index < -0.39 is 0 Å². The molecule has 3 fully saturated rings. The zero-order chi connectivity index (χ0) is 12.4. The Kier molecular flexibility index (Phi) is 3.92. The Balaban J connectivity index is 1.55. The topological polar surface area (TPSA) is 24.5 Å². The lowest BCUT2D eigenvalue weighted by atomic mass is 9.78. The summed E-state index contributed by atoms with van der Waals surface area (Å²) in [7, 11) is 2.33. The van der Waals surface area contributed by atoms with Gasteiger partial charge in [-0.2, -0.15) is 0 Å². The van der Waals surface area contributed by atoms with Crippen LogP contribution < -0.4 is 5.32 Å². The molecular weight excluding hydrogens is 224 g/mol. The Morgan fingerprint density at radius 1 is 1.17 bits per heavy atom. The van der Waals surface area contributed by atoms with Gasteiger partial charge < -0.3 is 15.0 Å². The summed E-state index contributed by atoms with van der Waals surface area (Å²) in [4.78, 5) is 2.63. The van der Waals surface area contributed by atoms with Crippen molar-refractivity contribution in [2.75, 3.05) is 33.4 Å². The van der Waals surface area contributed by atoms with Crippen molar-refractivity contribution in [2.45, 2.75) is 57.0 Å². The maximum absolute atomic E-state index is 5.58. The van der Waals surface area contributed by atoms with E-state index in [-0.39, 0.29) is 0 Å². The Morgan fingerprint density at radius 2 is 1.89 bits per heavy atom. The van der Waals surface area contributed by atoms with E-state index in [0.29, 0.717) is 5.41 Å². The summed E-state index contributed by atoms with van der Waals surface area (Å²) in [6.45, 7) is 4.40. The summed E-state index contributed by atoms with van der Waals surface area (Å²) in [5, 5.41) is 3.77. The van der Waals surface area contributed by atoms with Crippen LogP contribution in [0.15, 0.2) is 0 Å². The van der Waals surface area contributed by atoms with Crippen LogP contribution in [0, 0.1) is 5.41 Å². The first-order valence-electron chi connectivity index (χ1n) is 7.79. The first-order valence-corrected chi connectivity index (χ1v) is 7.79. The molecule has 0 aromatic carbocycles. The maximum atomic E-state index is 5.58. The fraction of sp³-hybridized carbons (Fsp3) is 1.00. The second-order valence-corrected chi connectivity index (χ2v) is 6.77. The number of hydrogen-bond donors (Lipinski definition) is 1. The van der Waals surface area contributed by atoms with E-state index in [4.69, 9.17) is 4.74 Å². The highest BCUT2D eigenvalue weighted by atomic mass is 16.5. The summed E-state index contributed by atoms with van der Waals surface area (Å²) in [5.41, 5.74) is 0.477. The average Bonchev–Trinajstić information content (AvgIpc) is 3.09. The zero-order valence-corrected chi connectivity index (χ0v) is 11.8. The van der Waals surface area contributed by atoms with Crippen molar-refractivity contribution in [3.63, 3.8) is 0 Å². The van der Waals surface area contributed by atoms with Crippen molar-refractivity contribution in [3.8, 4) is 0 Å². The fourth-order valence-electron chi connectivity index (χ4n) is 3.33. The van der Waals surface area contributed by atoms with E-state index in [2.05, 4.69) is 17.3 Å². The van der Waals surface area contributed by atoms with Gasteiger partial charge in [-0.15, -0.1) is 0 Å². The SMILES string of the molecule is CN(CC1(CNC2CC2)CCOCC1)C1CCC1. The molecule has 1 aliphatic heterocycles. The Morgan fingerprint density at radius 3 is 2.44 bits per heavy atom. The number of rotatable bonds is 6. The Hall–Kier alpha value is -0.120. The maximum Gasteiger partial charge on any atom is 0.0472 e. The summed E-state index contributed by atoms with van der Waals surface area (Å²) >= 11 is 0. The molecule has 1 N–H and O–H groups in total. The van der Waals surface area contributed by atoms with Crippen molar-refractivity contribution in [3.05, 3.63) is 0 Å². The molecule has 3 heteroatoms. The van der Waals surface area contributed by atoms with E-state index in [1.54, 1.807) is 0 Å². The van der Waals surface area contributed by atoms with Gasteiger partial charge in [0.05, 0.1) is 0 Å². The molecule has 3 nitrogen and oxygen atoms in total. The lowest BCUT2D eigenvalue weighted by Crippen LogP contribution is -2.50. The van der Waals surface area contributed by atoms with Crippen molar-refractivity contribution in [1.29, 1.82) is 0 Å². The van der Waals surface area contributed by atoms with Gasteiger partial charge in [0.15, 0.2) is 0 Å². The second-order valence-electron chi connectivity index (χ2n) is 6.77. The standard InChI is InChI=1S/C15H28N2O/c1-17(14-3-2-4-14)12-15(7-9-18-10-8-15)11-16-13-5-6-13/h13-14,16H,2-12H2,1H3. The van der Waals surface area contributed by atoms with Gasteiger partial charge in [-0.25, -0.2) is 0 Å². The fourth-order valence-corrected chi connectivity index (χ4v) is 3.33. The van der Waals surface area contributed by atoms with Crippen LogP contribution in [0.1, 0.15) is 44.9 Å². The second kappa shape index (κ2) is 5.48. The molecule has 2 aliphatic carbocycles. The van der Waals surface area contributed by atoms with Gasteiger partial charge >= 0.3 is 0 Å². The van der Waals surface area contributed by atoms with Gasteiger partial charge in [-0.1, -0.05) is 6.42 Å². The van der Waals surface area contributed by atoms with Crippen LogP contribution in [0.5, 0.6) is 0 Å². The molecule has 104 valence electrons. The van der Waals surface area contributed by atoms with Gasteiger partial charge in [0, 0.05) is 38.4 Å². The summed E-state index contributed by atoms with van der Waals surface area (Å²) in [6.07, 6.45) is 9.54. The van der Waals surface area contributed by atoms with Gasteiger partial charge in [-0.3, -0.25) is 0 Å². The largest absolute Gasteiger partial charge is 0.381 e. The normalized spacial score (nSPS) is 28.3. The molecule has 1 saturated heterocycles. The highest BCUT2D eigenvalue weighted by molar-refractivity contribution is 4.92. The van der Waals surface area contributed by atoms with Crippen LogP contribution in [0.2, 0.25) is 0 Å². The number of hydrogen-bond acceptors (Lipinski definition) is 3. The van der Waals surface area contributed by atoms with Crippen molar-refractivity contribution in [2.24, 2.45) is 5.41 Å². The monoisotopic (exact) mass is 252 g/mol. The summed E-state index contributed by atoms with van der Waals surface area (Å²) in [5.74, 6) is 0. The molecule has 0 radical (unpaired) electrons. The average molecular weight is 252 g/mol. The summed E-state index contributed by atoms with van der Waals surface area (Å²) in [6, 6.07) is 1.70. The van der Waals surface area contributed by atoms with Gasteiger partial charge in [0.1, 0.15) is 0 Å². The molecule has 0 amide bonds.